The smallest absolute Gasteiger partial charge is 0.142 e. The van der Waals surface area contributed by atoms with Crippen molar-refractivity contribution in [2.24, 2.45) is 0 Å². The van der Waals surface area contributed by atoms with Crippen LogP contribution in [0.15, 0.2) is 54.9 Å². The largest absolute Gasteiger partial charge is 0.495 e. The second kappa shape index (κ2) is 7.85. The number of anilines is 3. The number of nitrogens with one attached hydrogen (secondary N) is 2. The molecule has 0 amide bonds. The quantitative estimate of drug-likeness (QED) is 0.665. The van der Waals surface area contributed by atoms with Crippen LogP contribution in [-0.2, 0) is 6.54 Å². The van der Waals surface area contributed by atoms with Gasteiger partial charge in [0.05, 0.1) is 12.8 Å². The Hall–Kier alpha value is -2.79. The van der Waals surface area contributed by atoms with Crippen molar-refractivity contribution in [2.45, 2.75) is 13.5 Å². The van der Waals surface area contributed by atoms with Gasteiger partial charge in [0, 0.05) is 17.6 Å². The van der Waals surface area contributed by atoms with Crippen LogP contribution >= 0.6 is 11.6 Å². The van der Waals surface area contributed by atoms with Crippen LogP contribution < -0.4 is 15.4 Å². The zero-order valence-electron chi connectivity index (χ0n) is 14.1. The van der Waals surface area contributed by atoms with Crippen LogP contribution in [0, 0.1) is 6.92 Å². The zero-order chi connectivity index (χ0) is 17.6. The highest BCUT2D eigenvalue weighted by molar-refractivity contribution is 6.30. The summed E-state index contributed by atoms with van der Waals surface area (Å²) in [7, 11) is 1.65. The van der Waals surface area contributed by atoms with E-state index in [9.17, 15) is 0 Å². The molecule has 25 heavy (non-hydrogen) atoms. The number of hydrogen-bond donors (Lipinski definition) is 2. The third-order valence-corrected chi connectivity index (χ3v) is 3.92. The number of hydrogen-bond acceptors (Lipinski definition) is 5. The first-order valence-corrected chi connectivity index (χ1v) is 8.24. The lowest BCUT2D eigenvalue weighted by Crippen LogP contribution is -2.03. The van der Waals surface area contributed by atoms with Crippen LogP contribution in [0.4, 0.5) is 17.3 Å². The van der Waals surface area contributed by atoms with Crippen molar-refractivity contribution < 1.29 is 4.74 Å². The van der Waals surface area contributed by atoms with Gasteiger partial charge in [-0.05, 0) is 42.3 Å². The van der Waals surface area contributed by atoms with Crippen LogP contribution in [0.3, 0.4) is 0 Å². The molecule has 0 radical (unpaired) electrons. The Morgan fingerprint density at radius 2 is 1.76 bits per heavy atom. The number of ether oxygens (including phenoxy) is 1. The van der Waals surface area contributed by atoms with Gasteiger partial charge in [0.25, 0.3) is 0 Å². The Morgan fingerprint density at radius 1 is 1.00 bits per heavy atom. The first kappa shape index (κ1) is 17.0. The minimum Gasteiger partial charge on any atom is -0.495 e. The molecule has 0 aliphatic heterocycles. The maximum absolute atomic E-state index is 5.90. The molecule has 1 aromatic heterocycles. The summed E-state index contributed by atoms with van der Waals surface area (Å²) in [5.41, 5.74) is 3.13. The highest BCUT2D eigenvalue weighted by atomic mass is 35.5. The number of rotatable bonds is 6. The van der Waals surface area contributed by atoms with E-state index in [1.165, 1.54) is 6.33 Å². The molecular formula is C19H19ClN4O. The summed E-state index contributed by atoms with van der Waals surface area (Å²) in [5.74, 6) is 2.19. The summed E-state index contributed by atoms with van der Waals surface area (Å²) in [5, 5.41) is 7.28. The summed E-state index contributed by atoms with van der Waals surface area (Å²) >= 11 is 5.90. The normalized spacial score (nSPS) is 10.4. The van der Waals surface area contributed by atoms with Crippen molar-refractivity contribution in [1.29, 1.82) is 0 Å². The topological polar surface area (TPSA) is 59.1 Å². The molecule has 0 saturated carbocycles. The molecular weight excluding hydrogens is 336 g/mol. The van der Waals surface area contributed by atoms with Gasteiger partial charge in [0.2, 0.25) is 0 Å². The molecule has 0 aliphatic carbocycles. The number of nitrogens with zero attached hydrogens (tertiary/aromatic N) is 2. The van der Waals surface area contributed by atoms with Crippen molar-refractivity contribution in [3.63, 3.8) is 0 Å². The van der Waals surface area contributed by atoms with Crippen LogP contribution in [0.25, 0.3) is 0 Å². The van der Waals surface area contributed by atoms with E-state index in [0.717, 1.165) is 33.4 Å². The Balaban J connectivity index is 1.71. The number of methoxy groups -OCH3 is 1. The van der Waals surface area contributed by atoms with Gasteiger partial charge < -0.3 is 15.4 Å². The number of halogens is 1. The van der Waals surface area contributed by atoms with Gasteiger partial charge in [-0.25, -0.2) is 9.97 Å². The summed E-state index contributed by atoms with van der Waals surface area (Å²) in [6, 6.07) is 15.5. The zero-order valence-corrected chi connectivity index (χ0v) is 14.8. The molecule has 3 rings (SSSR count). The summed E-state index contributed by atoms with van der Waals surface area (Å²) < 4.78 is 5.39. The highest BCUT2D eigenvalue weighted by Gasteiger charge is 2.05. The van der Waals surface area contributed by atoms with Crippen molar-refractivity contribution in [2.75, 3.05) is 17.7 Å². The summed E-state index contributed by atoms with van der Waals surface area (Å²) in [6.45, 7) is 2.69. The molecule has 5 nitrogen and oxygen atoms in total. The molecule has 2 aromatic carbocycles. The van der Waals surface area contributed by atoms with Crippen molar-refractivity contribution in [3.05, 3.63) is 71.0 Å². The van der Waals surface area contributed by atoms with Crippen LogP contribution in [0.5, 0.6) is 5.75 Å². The first-order chi connectivity index (χ1) is 12.1. The molecule has 0 aliphatic rings. The average Bonchev–Trinajstić information content (AvgIpc) is 2.62. The standard InChI is InChI=1S/C19H19ClN4O/c1-13-3-8-17(25-2)16(9-13)24-19-10-18(22-12-23-19)21-11-14-4-6-15(20)7-5-14/h3-10,12H,11H2,1-2H3,(H2,21,22,23,24). The Labute approximate surface area is 152 Å². The van der Waals surface area contributed by atoms with E-state index >= 15 is 0 Å². The lowest BCUT2D eigenvalue weighted by atomic mass is 10.2. The number of benzene rings is 2. The molecule has 128 valence electrons. The molecule has 3 aromatic rings. The maximum atomic E-state index is 5.90. The molecule has 0 spiro atoms. The van der Waals surface area contributed by atoms with Crippen LogP contribution in [0.2, 0.25) is 5.02 Å². The van der Waals surface area contributed by atoms with Crippen molar-refractivity contribution >= 4 is 28.9 Å². The van der Waals surface area contributed by atoms with Crippen molar-refractivity contribution in [1.82, 2.24) is 9.97 Å². The lowest BCUT2D eigenvalue weighted by molar-refractivity contribution is 0.416. The van der Waals surface area contributed by atoms with Gasteiger partial charge in [0.1, 0.15) is 23.7 Å². The fraction of sp³-hybridized carbons (Fsp3) is 0.158. The van der Waals surface area contributed by atoms with Gasteiger partial charge >= 0.3 is 0 Å². The van der Waals surface area contributed by atoms with Crippen molar-refractivity contribution in [3.8, 4) is 5.75 Å². The molecule has 2 N–H and O–H groups in total. The highest BCUT2D eigenvalue weighted by Crippen LogP contribution is 2.28. The fourth-order valence-corrected chi connectivity index (χ4v) is 2.50. The van der Waals surface area contributed by atoms with Gasteiger partial charge in [-0.1, -0.05) is 29.8 Å². The van der Waals surface area contributed by atoms with E-state index in [-0.39, 0.29) is 0 Å². The third kappa shape index (κ3) is 4.61. The Morgan fingerprint density at radius 3 is 2.52 bits per heavy atom. The van der Waals surface area contributed by atoms with E-state index in [1.54, 1.807) is 7.11 Å². The molecule has 0 atom stereocenters. The summed E-state index contributed by atoms with van der Waals surface area (Å²) in [6.07, 6.45) is 1.52. The Kier molecular flexibility index (Phi) is 5.36. The molecule has 0 fully saturated rings. The third-order valence-electron chi connectivity index (χ3n) is 3.67. The molecule has 0 bridgehead atoms. The maximum Gasteiger partial charge on any atom is 0.142 e. The lowest BCUT2D eigenvalue weighted by Gasteiger charge is -2.12. The minimum absolute atomic E-state index is 0.654. The Bertz CT molecular complexity index is 852. The molecule has 0 unspecified atom stereocenters. The van der Waals surface area contributed by atoms with Gasteiger partial charge in [-0.3, -0.25) is 0 Å². The van der Waals surface area contributed by atoms with Gasteiger partial charge in [-0.2, -0.15) is 0 Å². The second-order valence-electron chi connectivity index (χ2n) is 5.60. The molecule has 0 saturated heterocycles. The second-order valence-corrected chi connectivity index (χ2v) is 6.03. The number of aromatic nitrogens is 2. The first-order valence-electron chi connectivity index (χ1n) is 7.86. The minimum atomic E-state index is 0.654. The van der Waals surface area contributed by atoms with E-state index in [1.807, 2.05) is 55.5 Å². The molecule has 1 heterocycles. The van der Waals surface area contributed by atoms with Crippen LogP contribution in [-0.4, -0.2) is 17.1 Å². The van der Waals surface area contributed by atoms with E-state index < -0.39 is 0 Å². The predicted molar refractivity (Wildman–Crippen MR) is 102 cm³/mol. The van der Waals surface area contributed by atoms with E-state index in [0.29, 0.717) is 12.4 Å². The van der Waals surface area contributed by atoms with Gasteiger partial charge in [-0.15, -0.1) is 0 Å². The SMILES string of the molecule is COc1ccc(C)cc1Nc1cc(NCc2ccc(Cl)cc2)ncn1. The predicted octanol–water partition coefficient (Wildman–Crippen LogP) is 4.80. The monoisotopic (exact) mass is 354 g/mol. The van der Waals surface area contributed by atoms with E-state index in [2.05, 4.69) is 20.6 Å². The number of aryl methyl sites for hydroxylation is 1. The van der Waals surface area contributed by atoms with Crippen LogP contribution in [0.1, 0.15) is 11.1 Å². The van der Waals surface area contributed by atoms with E-state index in [4.69, 9.17) is 16.3 Å². The fourth-order valence-electron chi connectivity index (χ4n) is 2.37. The average molecular weight is 355 g/mol. The summed E-state index contributed by atoms with van der Waals surface area (Å²) in [4.78, 5) is 8.53. The molecule has 6 heteroatoms. The van der Waals surface area contributed by atoms with Gasteiger partial charge in [0.15, 0.2) is 0 Å².